The maximum Gasteiger partial charge on any atom is 0.335 e. The standard InChI is InChI=1S/C12H7BrClN3O3/c13-7-4-8(10(14)16-5-7)11(18)17-9-3-6(12(19)20)1-2-15-9/h1-5H,(H,19,20)(H,15,17,18). The molecule has 0 spiro atoms. The van der Waals surface area contributed by atoms with Gasteiger partial charge in [-0.1, -0.05) is 11.6 Å². The van der Waals surface area contributed by atoms with E-state index in [-0.39, 0.29) is 22.1 Å². The first-order valence-electron chi connectivity index (χ1n) is 5.29. The molecule has 0 aliphatic heterocycles. The van der Waals surface area contributed by atoms with Crippen LogP contribution in [0.1, 0.15) is 20.7 Å². The van der Waals surface area contributed by atoms with Gasteiger partial charge in [0.2, 0.25) is 0 Å². The third-order valence-corrected chi connectivity index (χ3v) is 3.03. The van der Waals surface area contributed by atoms with Crippen LogP contribution in [0.25, 0.3) is 0 Å². The van der Waals surface area contributed by atoms with Crippen LogP contribution in [0.4, 0.5) is 5.82 Å². The SMILES string of the molecule is O=C(O)c1ccnc(NC(=O)c2cc(Br)cnc2Cl)c1. The quantitative estimate of drug-likeness (QED) is 0.825. The lowest BCUT2D eigenvalue weighted by Crippen LogP contribution is -2.14. The van der Waals surface area contributed by atoms with Gasteiger partial charge in [-0.15, -0.1) is 0 Å². The van der Waals surface area contributed by atoms with Crippen LogP contribution in [0.3, 0.4) is 0 Å². The number of nitrogens with one attached hydrogen (secondary N) is 1. The van der Waals surface area contributed by atoms with Gasteiger partial charge in [-0.3, -0.25) is 4.79 Å². The molecule has 0 atom stereocenters. The largest absolute Gasteiger partial charge is 0.478 e. The van der Waals surface area contributed by atoms with Crippen molar-refractivity contribution in [3.63, 3.8) is 0 Å². The van der Waals surface area contributed by atoms with Crippen molar-refractivity contribution in [1.29, 1.82) is 0 Å². The second kappa shape index (κ2) is 5.98. The molecule has 0 bridgehead atoms. The van der Waals surface area contributed by atoms with Gasteiger partial charge in [0, 0.05) is 16.9 Å². The van der Waals surface area contributed by atoms with E-state index in [1.807, 2.05) is 0 Å². The zero-order valence-corrected chi connectivity index (χ0v) is 12.1. The molecule has 2 aromatic heterocycles. The number of amides is 1. The Hall–Kier alpha value is -1.99. The number of carbonyl (C=O) groups excluding carboxylic acids is 1. The predicted molar refractivity (Wildman–Crippen MR) is 76.1 cm³/mol. The minimum Gasteiger partial charge on any atom is -0.478 e. The molecule has 0 saturated carbocycles. The van der Waals surface area contributed by atoms with Crippen molar-refractivity contribution in [2.24, 2.45) is 0 Å². The van der Waals surface area contributed by atoms with Crippen LogP contribution in [-0.4, -0.2) is 27.0 Å². The fraction of sp³-hybridized carbons (Fsp3) is 0. The van der Waals surface area contributed by atoms with E-state index in [1.165, 1.54) is 30.6 Å². The van der Waals surface area contributed by atoms with Crippen LogP contribution < -0.4 is 5.32 Å². The number of nitrogens with zero attached hydrogens (tertiary/aromatic N) is 2. The Morgan fingerprint density at radius 1 is 1.30 bits per heavy atom. The highest BCUT2D eigenvalue weighted by molar-refractivity contribution is 9.10. The molecule has 102 valence electrons. The summed E-state index contributed by atoms with van der Waals surface area (Å²) in [4.78, 5) is 30.6. The van der Waals surface area contributed by atoms with Crippen LogP contribution in [0.15, 0.2) is 35.1 Å². The van der Waals surface area contributed by atoms with Gasteiger partial charge in [-0.2, -0.15) is 0 Å². The zero-order valence-electron chi connectivity index (χ0n) is 9.80. The second-order valence-corrected chi connectivity index (χ2v) is 4.95. The molecule has 20 heavy (non-hydrogen) atoms. The molecule has 1 amide bonds. The Morgan fingerprint density at radius 3 is 2.75 bits per heavy atom. The highest BCUT2D eigenvalue weighted by Gasteiger charge is 2.13. The van der Waals surface area contributed by atoms with Gasteiger partial charge in [0.15, 0.2) is 0 Å². The van der Waals surface area contributed by atoms with Crippen molar-refractivity contribution in [1.82, 2.24) is 9.97 Å². The minimum atomic E-state index is -1.11. The lowest BCUT2D eigenvalue weighted by Gasteiger charge is -2.06. The molecule has 2 heterocycles. The molecule has 0 fully saturated rings. The van der Waals surface area contributed by atoms with E-state index in [1.54, 1.807) is 0 Å². The summed E-state index contributed by atoms with van der Waals surface area (Å²) in [5.74, 6) is -1.52. The summed E-state index contributed by atoms with van der Waals surface area (Å²) in [6.07, 6.45) is 2.75. The van der Waals surface area contributed by atoms with E-state index >= 15 is 0 Å². The number of hydrogen-bond donors (Lipinski definition) is 2. The monoisotopic (exact) mass is 355 g/mol. The Morgan fingerprint density at radius 2 is 2.05 bits per heavy atom. The first-order valence-corrected chi connectivity index (χ1v) is 6.46. The van der Waals surface area contributed by atoms with E-state index in [4.69, 9.17) is 16.7 Å². The molecule has 6 nitrogen and oxygen atoms in total. The number of carboxylic acid groups (broad SMARTS) is 1. The van der Waals surface area contributed by atoms with Crippen molar-refractivity contribution in [2.45, 2.75) is 0 Å². The molecule has 0 saturated heterocycles. The normalized spacial score (nSPS) is 10.1. The molecule has 0 aliphatic rings. The molecule has 2 rings (SSSR count). The average molecular weight is 357 g/mol. The third kappa shape index (κ3) is 3.31. The molecular formula is C12H7BrClN3O3. The van der Waals surface area contributed by atoms with Gasteiger partial charge in [0.25, 0.3) is 5.91 Å². The predicted octanol–water partition coefficient (Wildman–Crippen LogP) is 2.84. The summed E-state index contributed by atoms with van der Waals surface area (Å²) in [5, 5.41) is 11.4. The van der Waals surface area contributed by atoms with E-state index in [0.717, 1.165) is 0 Å². The highest BCUT2D eigenvalue weighted by Crippen LogP contribution is 2.19. The van der Waals surface area contributed by atoms with Crippen molar-refractivity contribution in [3.8, 4) is 0 Å². The van der Waals surface area contributed by atoms with Crippen molar-refractivity contribution < 1.29 is 14.7 Å². The second-order valence-electron chi connectivity index (χ2n) is 3.68. The topological polar surface area (TPSA) is 92.2 Å². The van der Waals surface area contributed by atoms with Gasteiger partial charge in [-0.05, 0) is 34.1 Å². The number of carbonyl (C=O) groups is 2. The summed E-state index contributed by atoms with van der Waals surface area (Å²) >= 11 is 9.02. The van der Waals surface area contributed by atoms with E-state index < -0.39 is 11.9 Å². The Kier molecular flexibility index (Phi) is 4.31. The first-order chi connectivity index (χ1) is 9.47. The lowest BCUT2D eigenvalue weighted by molar-refractivity contribution is 0.0696. The van der Waals surface area contributed by atoms with Crippen LogP contribution in [0.2, 0.25) is 5.15 Å². The Balaban J connectivity index is 2.25. The van der Waals surface area contributed by atoms with Gasteiger partial charge >= 0.3 is 5.97 Å². The van der Waals surface area contributed by atoms with Gasteiger partial charge in [-0.25, -0.2) is 14.8 Å². The summed E-state index contributed by atoms with van der Waals surface area (Å²) in [5.41, 5.74) is 0.178. The molecule has 0 aromatic carbocycles. The zero-order chi connectivity index (χ0) is 14.7. The minimum absolute atomic E-state index is 0.0220. The molecular weight excluding hydrogens is 350 g/mol. The number of anilines is 1. The number of aromatic carboxylic acids is 1. The maximum atomic E-state index is 12.0. The fourth-order valence-electron chi connectivity index (χ4n) is 1.40. The summed E-state index contributed by atoms with van der Waals surface area (Å²) in [6.45, 7) is 0. The van der Waals surface area contributed by atoms with E-state index in [0.29, 0.717) is 4.47 Å². The number of aromatic nitrogens is 2. The molecule has 0 radical (unpaired) electrons. The van der Waals surface area contributed by atoms with Gasteiger partial charge < -0.3 is 10.4 Å². The number of halogens is 2. The van der Waals surface area contributed by atoms with E-state index in [9.17, 15) is 9.59 Å². The van der Waals surface area contributed by atoms with Crippen LogP contribution >= 0.6 is 27.5 Å². The van der Waals surface area contributed by atoms with Gasteiger partial charge in [0.1, 0.15) is 11.0 Å². The molecule has 8 heteroatoms. The Labute approximate surface area is 126 Å². The van der Waals surface area contributed by atoms with Gasteiger partial charge in [0.05, 0.1) is 11.1 Å². The van der Waals surface area contributed by atoms with E-state index in [2.05, 4.69) is 31.2 Å². The third-order valence-electron chi connectivity index (χ3n) is 2.30. The molecule has 0 aliphatic carbocycles. The maximum absolute atomic E-state index is 12.0. The smallest absolute Gasteiger partial charge is 0.335 e. The summed E-state index contributed by atoms with van der Waals surface area (Å²) in [7, 11) is 0. The molecule has 2 aromatic rings. The number of hydrogen-bond acceptors (Lipinski definition) is 4. The summed E-state index contributed by atoms with van der Waals surface area (Å²) in [6, 6.07) is 4.08. The van der Waals surface area contributed by atoms with Crippen LogP contribution in [0.5, 0.6) is 0 Å². The lowest BCUT2D eigenvalue weighted by atomic mass is 10.2. The summed E-state index contributed by atoms with van der Waals surface area (Å²) < 4.78 is 0.597. The van der Waals surface area contributed by atoms with Crippen molar-refractivity contribution in [2.75, 3.05) is 5.32 Å². The van der Waals surface area contributed by atoms with Crippen molar-refractivity contribution in [3.05, 3.63) is 51.3 Å². The number of pyridine rings is 2. The average Bonchev–Trinajstić information content (AvgIpc) is 2.41. The van der Waals surface area contributed by atoms with Crippen LogP contribution in [0, 0.1) is 0 Å². The number of rotatable bonds is 3. The highest BCUT2D eigenvalue weighted by atomic mass is 79.9. The van der Waals surface area contributed by atoms with Crippen LogP contribution in [-0.2, 0) is 0 Å². The Bertz CT molecular complexity index is 693. The van der Waals surface area contributed by atoms with Crippen molar-refractivity contribution >= 4 is 45.2 Å². The molecule has 2 N–H and O–H groups in total. The fourth-order valence-corrected chi connectivity index (χ4v) is 1.92. The number of carboxylic acids is 1. The first kappa shape index (κ1) is 14.4. The molecule has 0 unspecified atom stereocenters.